The molecule has 5 nitrogen and oxygen atoms in total. The fourth-order valence-corrected chi connectivity index (χ4v) is 4.02. The van der Waals surface area contributed by atoms with Crippen molar-refractivity contribution in [3.8, 4) is 11.8 Å². The maximum Gasteiger partial charge on any atom is 0.274 e. The number of hydrogen-bond acceptors (Lipinski definition) is 4. The summed E-state index contributed by atoms with van der Waals surface area (Å²) in [7, 11) is 0. The largest absolute Gasteiger partial charge is 0.487 e. The highest BCUT2D eigenvalue weighted by Gasteiger charge is 2.12. The number of rotatable bonds is 6. The van der Waals surface area contributed by atoms with E-state index in [1.54, 1.807) is 30.3 Å². The van der Waals surface area contributed by atoms with E-state index in [2.05, 4.69) is 42.4 Å². The number of carbonyl (C=O) groups is 1. The molecule has 0 aliphatic carbocycles. The van der Waals surface area contributed by atoms with Crippen molar-refractivity contribution in [3.05, 3.63) is 97.4 Å². The minimum absolute atomic E-state index is 0.118. The average molecular weight is 549 g/mol. The molecule has 3 aromatic rings. The van der Waals surface area contributed by atoms with Gasteiger partial charge in [-0.3, -0.25) is 4.79 Å². The lowest BCUT2D eigenvalue weighted by atomic mass is 10.1. The molecule has 31 heavy (non-hydrogen) atoms. The molecule has 156 valence electrons. The van der Waals surface area contributed by atoms with Gasteiger partial charge in [0.25, 0.3) is 5.91 Å². The molecule has 0 atom stereocenters. The van der Waals surface area contributed by atoms with Gasteiger partial charge in [0, 0.05) is 0 Å². The predicted molar refractivity (Wildman–Crippen MR) is 119 cm³/mol. The van der Waals surface area contributed by atoms with Crippen molar-refractivity contribution in [2.24, 2.45) is 5.10 Å². The molecule has 3 aromatic carbocycles. The number of nitrogens with one attached hydrogen (secondary N) is 1. The van der Waals surface area contributed by atoms with Crippen molar-refractivity contribution in [1.82, 2.24) is 5.43 Å². The third-order valence-corrected chi connectivity index (χ3v) is 5.19. The second kappa shape index (κ2) is 10.3. The lowest BCUT2D eigenvalue weighted by Gasteiger charge is -2.11. The Kier molecular flexibility index (Phi) is 7.50. The van der Waals surface area contributed by atoms with Gasteiger partial charge in [-0.1, -0.05) is 12.1 Å². The average Bonchev–Trinajstić information content (AvgIpc) is 2.73. The zero-order valence-corrected chi connectivity index (χ0v) is 18.9. The van der Waals surface area contributed by atoms with Gasteiger partial charge in [0.1, 0.15) is 24.0 Å². The van der Waals surface area contributed by atoms with E-state index < -0.39 is 11.7 Å². The molecule has 0 aliphatic rings. The molecule has 9 heteroatoms. The fraction of sp³-hybridized carbons (Fsp3) is 0.0455. The van der Waals surface area contributed by atoms with Crippen LogP contribution in [0.1, 0.15) is 27.0 Å². The van der Waals surface area contributed by atoms with E-state index in [1.165, 1.54) is 30.5 Å². The van der Waals surface area contributed by atoms with Crippen LogP contribution in [0.5, 0.6) is 5.75 Å². The Morgan fingerprint density at radius 2 is 1.87 bits per heavy atom. The van der Waals surface area contributed by atoms with Gasteiger partial charge in [-0.15, -0.1) is 0 Å². The highest BCUT2D eigenvalue weighted by Crippen LogP contribution is 2.35. The molecule has 0 saturated carbocycles. The molecule has 0 bridgehead atoms. The minimum atomic E-state index is -0.808. The summed E-state index contributed by atoms with van der Waals surface area (Å²) < 4.78 is 34.2. The van der Waals surface area contributed by atoms with Crippen molar-refractivity contribution in [2.75, 3.05) is 0 Å². The van der Waals surface area contributed by atoms with Gasteiger partial charge in [-0.2, -0.15) is 10.4 Å². The van der Waals surface area contributed by atoms with Crippen molar-refractivity contribution in [2.45, 2.75) is 6.61 Å². The van der Waals surface area contributed by atoms with Crippen molar-refractivity contribution in [1.29, 1.82) is 5.26 Å². The molecule has 0 saturated heterocycles. The molecule has 1 amide bonds. The van der Waals surface area contributed by atoms with Crippen LogP contribution in [0.15, 0.2) is 68.6 Å². The van der Waals surface area contributed by atoms with Crippen molar-refractivity contribution in [3.63, 3.8) is 0 Å². The third kappa shape index (κ3) is 5.96. The number of nitrogens with zero attached hydrogens (tertiary/aromatic N) is 2. The smallest absolute Gasteiger partial charge is 0.274 e. The Morgan fingerprint density at radius 1 is 1.13 bits per heavy atom. The topological polar surface area (TPSA) is 74.5 Å². The predicted octanol–water partition coefficient (Wildman–Crippen LogP) is 5.70. The van der Waals surface area contributed by atoms with Gasteiger partial charge in [0.05, 0.1) is 32.4 Å². The van der Waals surface area contributed by atoms with Gasteiger partial charge in [-0.05, 0) is 85.5 Å². The summed E-state index contributed by atoms with van der Waals surface area (Å²) in [5, 5.41) is 12.6. The quantitative estimate of drug-likeness (QED) is 0.317. The molecular formula is C22H13Br2F2N3O2. The summed E-state index contributed by atoms with van der Waals surface area (Å²) in [4.78, 5) is 12.1. The van der Waals surface area contributed by atoms with Crippen LogP contribution in [-0.2, 0) is 6.61 Å². The molecule has 3 rings (SSSR count). The molecule has 0 unspecified atom stereocenters. The van der Waals surface area contributed by atoms with Crippen LogP contribution in [0.2, 0.25) is 0 Å². The zero-order chi connectivity index (χ0) is 22.4. The van der Waals surface area contributed by atoms with Gasteiger partial charge in [0.15, 0.2) is 0 Å². The molecule has 0 radical (unpaired) electrons. The maximum atomic E-state index is 13.9. The molecule has 0 aliphatic heterocycles. The molecule has 0 aromatic heterocycles. The second-order valence-corrected chi connectivity index (χ2v) is 7.95. The van der Waals surface area contributed by atoms with E-state index in [9.17, 15) is 13.6 Å². The first-order valence-electron chi connectivity index (χ1n) is 8.76. The molecule has 0 spiro atoms. The lowest BCUT2D eigenvalue weighted by molar-refractivity contribution is 0.0951. The number of ether oxygens (including phenoxy) is 1. The summed E-state index contributed by atoms with van der Waals surface area (Å²) in [5.41, 5.74) is 3.44. The maximum absolute atomic E-state index is 13.9. The normalized spacial score (nSPS) is 10.7. The van der Waals surface area contributed by atoms with Crippen LogP contribution < -0.4 is 10.2 Å². The lowest BCUT2D eigenvalue weighted by Crippen LogP contribution is -2.19. The monoisotopic (exact) mass is 547 g/mol. The first-order valence-corrected chi connectivity index (χ1v) is 10.4. The highest BCUT2D eigenvalue weighted by molar-refractivity contribution is 9.11. The molecule has 0 heterocycles. The zero-order valence-electron chi connectivity index (χ0n) is 15.7. The first-order chi connectivity index (χ1) is 14.9. The summed E-state index contributed by atoms with van der Waals surface area (Å²) in [5.74, 6) is -1.37. The number of benzene rings is 3. The van der Waals surface area contributed by atoms with E-state index in [-0.39, 0.29) is 23.6 Å². The van der Waals surface area contributed by atoms with Crippen LogP contribution in [0, 0.1) is 23.0 Å². The first kappa shape index (κ1) is 22.6. The van der Waals surface area contributed by atoms with Crippen LogP contribution in [-0.4, -0.2) is 12.1 Å². The summed E-state index contributed by atoms with van der Waals surface area (Å²) in [6.45, 7) is 0.175. The van der Waals surface area contributed by atoms with E-state index in [4.69, 9.17) is 10.00 Å². The Hall–Kier alpha value is -3.09. The summed E-state index contributed by atoms with van der Waals surface area (Å²) >= 11 is 6.83. The van der Waals surface area contributed by atoms with Crippen LogP contribution in [0.4, 0.5) is 8.78 Å². The summed E-state index contributed by atoms with van der Waals surface area (Å²) in [6, 6.07) is 14.9. The van der Waals surface area contributed by atoms with Gasteiger partial charge >= 0.3 is 0 Å². The second-order valence-electron chi connectivity index (χ2n) is 6.24. The number of hydrazone groups is 1. The van der Waals surface area contributed by atoms with Crippen LogP contribution >= 0.6 is 31.9 Å². The fourth-order valence-electron chi connectivity index (χ4n) is 2.57. The van der Waals surface area contributed by atoms with E-state index in [1.807, 2.05) is 0 Å². The molecule has 0 fully saturated rings. The standard InChI is InChI=1S/C22H13Br2F2N3O2/c23-18-7-15(8-19(24)21(18)31-12-14-2-1-3-16(25)6-14)11-28-29-22(30)17-5-4-13(10-27)9-20(17)26/h1-9,11H,12H2,(H,29,30)/b28-11-. The Bertz CT molecular complexity index is 1190. The Morgan fingerprint density at radius 3 is 2.52 bits per heavy atom. The van der Waals surface area contributed by atoms with Gasteiger partial charge in [0.2, 0.25) is 0 Å². The SMILES string of the molecule is N#Cc1ccc(C(=O)N/N=C\c2cc(Br)c(OCc3cccc(F)c3)c(Br)c2)c(F)c1. The number of carbonyl (C=O) groups excluding carboxylic acids is 1. The minimum Gasteiger partial charge on any atom is -0.487 e. The van der Waals surface area contributed by atoms with Crippen LogP contribution in [0.3, 0.4) is 0 Å². The van der Waals surface area contributed by atoms with Crippen LogP contribution in [0.25, 0.3) is 0 Å². The number of hydrogen-bond donors (Lipinski definition) is 1. The molecular weight excluding hydrogens is 536 g/mol. The summed E-state index contributed by atoms with van der Waals surface area (Å²) in [6.07, 6.45) is 1.38. The Labute approximate surface area is 193 Å². The van der Waals surface area contributed by atoms with E-state index >= 15 is 0 Å². The van der Waals surface area contributed by atoms with Crippen molar-refractivity contribution >= 4 is 44.0 Å². The Balaban J connectivity index is 1.66. The van der Waals surface area contributed by atoms with E-state index in [0.29, 0.717) is 25.8 Å². The third-order valence-electron chi connectivity index (χ3n) is 4.02. The number of halogens is 4. The van der Waals surface area contributed by atoms with E-state index in [0.717, 1.165) is 6.07 Å². The number of nitriles is 1. The highest BCUT2D eigenvalue weighted by atomic mass is 79.9. The number of amides is 1. The van der Waals surface area contributed by atoms with Crippen molar-refractivity contribution < 1.29 is 18.3 Å². The van der Waals surface area contributed by atoms with Gasteiger partial charge < -0.3 is 4.74 Å². The van der Waals surface area contributed by atoms with Gasteiger partial charge in [-0.25, -0.2) is 14.2 Å². The molecule has 1 N–H and O–H groups in total.